The molecule has 3 N–H and O–H groups in total. The van der Waals surface area contributed by atoms with Crippen LogP contribution < -0.4 is 21.2 Å². The lowest BCUT2D eigenvalue weighted by molar-refractivity contribution is 0.122. The fraction of sp³-hybridized carbons (Fsp3) is 0.333. The molecule has 4 heterocycles. The van der Waals surface area contributed by atoms with Gasteiger partial charge in [-0.05, 0) is 6.07 Å². The first-order valence-electron chi connectivity index (χ1n) is 6.68. The molecule has 0 unspecified atom stereocenters. The second-order valence-electron chi connectivity index (χ2n) is 4.74. The number of nitrogens with one attached hydrogen (secondary N) is 1. The van der Waals surface area contributed by atoms with Crippen LogP contribution in [0, 0.1) is 0 Å². The fourth-order valence-corrected chi connectivity index (χ4v) is 2.50. The van der Waals surface area contributed by atoms with Crippen molar-refractivity contribution in [2.75, 3.05) is 41.9 Å². The van der Waals surface area contributed by atoms with Crippen molar-refractivity contribution < 1.29 is 9.57 Å². The summed E-state index contributed by atoms with van der Waals surface area (Å²) in [5, 5.41) is 6.24. The van der Waals surface area contributed by atoms with Gasteiger partial charge in [0.1, 0.15) is 17.8 Å². The Morgan fingerprint density at radius 2 is 2.14 bits per heavy atom. The highest BCUT2D eigenvalue weighted by Crippen LogP contribution is 2.33. The van der Waals surface area contributed by atoms with Crippen LogP contribution in [0.2, 0.25) is 0 Å². The van der Waals surface area contributed by atoms with Gasteiger partial charge in [-0.2, -0.15) is 4.52 Å². The maximum Gasteiger partial charge on any atom is 0.198 e. The van der Waals surface area contributed by atoms with Crippen LogP contribution in [0.3, 0.4) is 0 Å². The van der Waals surface area contributed by atoms with Crippen LogP contribution in [0.1, 0.15) is 0 Å². The molecule has 0 aliphatic carbocycles. The molecule has 0 atom stereocenters. The molecule has 0 radical (unpaired) electrons. The summed E-state index contributed by atoms with van der Waals surface area (Å²) in [6, 6.07) is 1.72. The van der Waals surface area contributed by atoms with Gasteiger partial charge in [0.15, 0.2) is 11.5 Å². The van der Waals surface area contributed by atoms with Crippen LogP contribution in [0.25, 0.3) is 5.65 Å². The Balaban J connectivity index is 1.89. The van der Waals surface area contributed by atoms with Gasteiger partial charge >= 0.3 is 0 Å². The zero-order valence-electron chi connectivity index (χ0n) is 11.3. The first-order chi connectivity index (χ1) is 10.3. The van der Waals surface area contributed by atoms with Gasteiger partial charge in [-0.3, -0.25) is 0 Å². The highest BCUT2D eigenvalue weighted by molar-refractivity contribution is 5.83. The van der Waals surface area contributed by atoms with E-state index in [1.165, 1.54) is 0 Å². The van der Waals surface area contributed by atoms with E-state index in [4.69, 9.17) is 15.3 Å². The molecule has 9 heteroatoms. The van der Waals surface area contributed by atoms with Gasteiger partial charge in [-0.1, -0.05) is 5.59 Å². The normalized spacial score (nSPS) is 18.5. The number of anilines is 3. The molecule has 2 aromatic heterocycles. The Morgan fingerprint density at radius 3 is 2.90 bits per heavy atom. The van der Waals surface area contributed by atoms with Crippen LogP contribution >= 0.6 is 0 Å². The first kappa shape index (κ1) is 12.2. The molecule has 110 valence electrons. The number of rotatable bonds is 2. The van der Waals surface area contributed by atoms with E-state index in [0.29, 0.717) is 30.5 Å². The SMILES string of the molecule is Nc1ccnc2c(N3CCOCC3)c(N3C=CON3)nn12. The lowest BCUT2D eigenvalue weighted by Gasteiger charge is -2.29. The van der Waals surface area contributed by atoms with Gasteiger partial charge in [-0.15, -0.1) is 5.10 Å². The molecule has 0 spiro atoms. The van der Waals surface area contributed by atoms with Crippen molar-refractivity contribution in [1.82, 2.24) is 20.2 Å². The van der Waals surface area contributed by atoms with Gasteiger partial charge < -0.3 is 20.2 Å². The number of fused-ring (bicyclic) bond motifs is 1. The zero-order chi connectivity index (χ0) is 14.2. The predicted octanol–water partition coefficient (Wildman–Crippen LogP) is -0.125. The zero-order valence-corrected chi connectivity index (χ0v) is 11.3. The predicted molar refractivity (Wildman–Crippen MR) is 76.3 cm³/mol. The summed E-state index contributed by atoms with van der Waals surface area (Å²) in [6.07, 6.45) is 4.98. The van der Waals surface area contributed by atoms with E-state index in [0.717, 1.165) is 18.8 Å². The summed E-state index contributed by atoms with van der Waals surface area (Å²) in [4.78, 5) is 11.7. The Bertz CT molecular complexity index is 692. The molecular formula is C12H15N7O2. The summed E-state index contributed by atoms with van der Waals surface area (Å²) >= 11 is 0. The van der Waals surface area contributed by atoms with Crippen LogP contribution in [0.15, 0.2) is 24.7 Å². The molecule has 0 saturated carbocycles. The van der Waals surface area contributed by atoms with Crippen LogP contribution in [0.5, 0.6) is 0 Å². The molecule has 2 aromatic rings. The van der Waals surface area contributed by atoms with Gasteiger partial charge in [0, 0.05) is 19.3 Å². The molecule has 0 amide bonds. The highest BCUT2D eigenvalue weighted by atomic mass is 16.7. The number of hydrazine groups is 1. The Morgan fingerprint density at radius 1 is 1.29 bits per heavy atom. The smallest absolute Gasteiger partial charge is 0.198 e. The largest absolute Gasteiger partial charge is 0.395 e. The topological polar surface area (TPSA) is 93.2 Å². The molecule has 4 rings (SSSR count). The van der Waals surface area contributed by atoms with E-state index in [-0.39, 0.29) is 0 Å². The minimum atomic E-state index is 0.532. The number of nitrogens with two attached hydrogens (primary N) is 1. The molecule has 2 aliphatic heterocycles. The van der Waals surface area contributed by atoms with Crippen molar-refractivity contribution in [3.8, 4) is 0 Å². The minimum Gasteiger partial charge on any atom is -0.395 e. The third kappa shape index (κ3) is 1.94. The summed E-state index contributed by atoms with van der Waals surface area (Å²) in [5.74, 6) is 1.22. The maximum atomic E-state index is 6.00. The van der Waals surface area contributed by atoms with Crippen molar-refractivity contribution in [2.45, 2.75) is 0 Å². The van der Waals surface area contributed by atoms with Gasteiger partial charge in [0.05, 0.1) is 19.4 Å². The van der Waals surface area contributed by atoms with Crippen molar-refractivity contribution >= 4 is 23.0 Å². The fourth-order valence-electron chi connectivity index (χ4n) is 2.50. The summed E-state index contributed by atoms with van der Waals surface area (Å²) < 4.78 is 7.05. The number of nitrogens with zero attached hydrogens (tertiary/aromatic N) is 5. The molecule has 2 aliphatic rings. The monoisotopic (exact) mass is 289 g/mol. The molecule has 1 saturated heterocycles. The second-order valence-corrected chi connectivity index (χ2v) is 4.74. The molecule has 0 aromatic carbocycles. The van der Waals surface area contributed by atoms with E-state index < -0.39 is 0 Å². The van der Waals surface area contributed by atoms with Crippen molar-refractivity contribution in [3.63, 3.8) is 0 Å². The Hall–Kier alpha value is -2.52. The third-order valence-electron chi connectivity index (χ3n) is 3.49. The van der Waals surface area contributed by atoms with E-state index in [1.807, 2.05) is 0 Å². The molecule has 1 fully saturated rings. The van der Waals surface area contributed by atoms with Crippen LogP contribution in [0.4, 0.5) is 17.3 Å². The highest BCUT2D eigenvalue weighted by Gasteiger charge is 2.27. The lowest BCUT2D eigenvalue weighted by Crippen LogP contribution is -2.38. The van der Waals surface area contributed by atoms with Gasteiger partial charge in [-0.25, -0.2) is 9.99 Å². The van der Waals surface area contributed by atoms with Gasteiger partial charge in [0.2, 0.25) is 0 Å². The average molecular weight is 289 g/mol. The van der Waals surface area contributed by atoms with E-state index in [2.05, 4.69) is 20.6 Å². The number of ether oxygens (including phenoxy) is 1. The van der Waals surface area contributed by atoms with Crippen molar-refractivity contribution in [2.24, 2.45) is 0 Å². The number of hydrogen-bond donors (Lipinski definition) is 2. The molecule has 0 bridgehead atoms. The first-order valence-corrected chi connectivity index (χ1v) is 6.68. The number of hydrogen-bond acceptors (Lipinski definition) is 8. The average Bonchev–Trinajstić information content (AvgIpc) is 3.16. The second kappa shape index (κ2) is 4.79. The van der Waals surface area contributed by atoms with Crippen molar-refractivity contribution in [3.05, 3.63) is 24.7 Å². The quantitative estimate of drug-likeness (QED) is 0.790. The van der Waals surface area contributed by atoms with Crippen molar-refractivity contribution in [1.29, 1.82) is 0 Å². The molecular weight excluding hydrogens is 274 g/mol. The Labute approximate surface area is 120 Å². The van der Waals surface area contributed by atoms with E-state index in [1.54, 1.807) is 34.2 Å². The lowest BCUT2D eigenvalue weighted by atomic mass is 10.3. The summed E-state index contributed by atoms with van der Waals surface area (Å²) in [6.45, 7) is 2.92. The van der Waals surface area contributed by atoms with Crippen LogP contribution in [-0.4, -0.2) is 40.9 Å². The third-order valence-corrected chi connectivity index (χ3v) is 3.49. The molecule has 21 heavy (non-hydrogen) atoms. The van der Waals surface area contributed by atoms with E-state index >= 15 is 0 Å². The minimum absolute atomic E-state index is 0.532. The number of nitrogen functional groups attached to an aromatic ring is 1. The molecule has 9 nitrogen and oxygen atoms in total. The number of aromatic nitrogens is 3. The standard InChI is InChI=1S/C12H15N7O2/c13-9-1-2-14-11-10(17-3-6-20-7-4-17)12(15-19(9)11)18-5-8-21-16-18/h1-2,5,8,16H,3-4,6-7,13H2. The summed E-state index contributed by atoms with van der Waals surface area (Å²) in [7, 11) is 0. The number of morpholine rings is 1. The maximum absolute atomic E-state index is 6.00. The van der Waals surface area contributed by atoms with Gasteiger partial charge in [0.25, 0.3) is 0 Å². The van der Waals surface area contributed by atoms with Crippen LogP contribution in [-0.2, 0) is 9.57 Å². The van der Waals surface area contributed by atoms with E-state index in [9.17, 15) is 0 Å². The Kier molecular flexibility index (Phi) is 2.79. The summed E-state index contributed by atoms with van der Waals surface area (Å²) in [5.41, 5.74) is 10.4.